The summed E-state index contributed by atoms with van der Waals surface area (Å²) in [6.45, 7) is 2.49. The molecule has 0 amide bonds. The molecule has 15 heavy (non-hydrogen) atoms. The van der Waals surface area contributed by atoms with Crippen molar-refractivity contribution in [3.05, 3.63) is 39.2 Å². The molecule has 1 heterocycles. The van der Waals surface area contributed by atoms with Gasteiger partial charge in [0.2, 0.25) is 0 Å². The van der Waals surface area contributed by atoms with Gasteiger partial charge in [-0.2, -0.15) is 0 Å². The topological polar surface area (TPSA) is 38.9 Å². The van der Waals surface area contributed by atoms with Crippen molar-refractivity contribution in [1.82, 2.24) is 4.98 Å². The Morgan fingerprint density at radius 2 is 2.27 bits per heavy atom. The Labute approximate surface area is 97.7 Å². The third-order valence-electron chi connectivity index (χ3n) is 2.27. The van der Waals surface area contributed by atoms with Crippen LogP contribution in [-0.4, -0.2) is 4.98 Å². The molecule has 0 saturated carbocycles. The predicted molar refractivity (Wildman–Crippen MR) is 65.2 cm³/mol. The van der Waals surface area contributed by atoms with Gasteiger partial charge in [-0.1, -0.05) is 23.7 Å². The van der Waals surface area contributed by atoms with Crippen molar-refractivity contribution in [2.24, 2.45) is 5.73 Å². The molecule has 0 spiro atoms. The summed E-state index contributed by atoms with van der Waals surface area (Å²) in [4.78, 5) is 4.44. The van der Waals surface area contributed by atoms with Gasteiger partial charge in [0, 0.05) is 22.5 Å². The standard InChI is InChI=1S/C11H11ClN2S/c1-7-8(3-2-4-9(7)12)10-6-15-11(5-13)14-10/h2-4,6H,5,13H2,1H3. The van der Waals surface area contributed by atoms with E-state index in [-0.39, 0.29) is 0 Å². The minimum absolute atomic E-state index is 0.490. The number of rotatable bonds is 2. The van der Waals surface area contributed by atoms with Crippen LogP contribution in [0.4, 0.5) is 0 Å². The van der Waals surface area contributed by atoms with E-state index in [2.05, 4.69) is 4.98 Å². The lowest BCUT2D eigenvalue weighted by Gasteiger charge is -2.03. The van der Waals surface area contributed by atoms with E-state index >= 15 is 0 Å². The van der Waals surface area contributed by atoms with E-state index < -0.39 is 0 Å². The van der Waals surface area contributed by atoms with Gasteiger partial charge in [-0.25, -0.2) is 4.98 Å². The highest BCUT2D eigenvalue weighted by Gasteiger charge is 2.07. The molecule has 0 aliphatic heterocycles. The summed E-state index contributed by atoms with van der Waals surface area (Å²) >= 11 is 7.64. The number of hydrogen-bond acceptors (Lipinski definition) is 3. The van der Waals surface area contributed by atoms with Crippen molar-refractivity contribution in [3.63, 3.8) is 0 Å². The molecule has 4 heteroatoms. The Hall–Kier alpha value is -0.900. The summed E-state index contributed by atoms with van der Waals surface area (Å²) in [5.74, 6) is 0. The molecule has 0 saturated heterocycles. The molecule has 0 unspecified atom stereocenters. The lowest BCUT2D eigenvalue weighted by atomic mass is 10.1. The van der Waals surface area contributed by atoms with Crippen LogP contribution >= 0.6 is 22.9 Å². The number of nitrogens with zero attached hydrogens (tertiary/aromatic N) is 1. The fourth-order valence-corrected chi connectivity index (χ4v) is 2.26. The Morgan fingerprint density at radius 3 is 2.93 bits per heavy atom. The number of halogens is 1. The van der Waals surface area contributed by atoms with Crippen LogP contribution in [-0.2, 0) is 6.54 Å². The lowest BCUT2D eigenvalue weighted by Crippen LogP contribution is -1.94. The van der Waals surface area contributed by atoms with Crippen LogP contribution in [0.5, 0.6) is 0 Å². The van der Waals surface area contributed by atoms with E-state index in [1.165, 1.54) is 0 Å². The first-order valence-electron chi connectivity index (χ1n) is 4.62. The van der Waals surface area contributed by atoms with Gasteiger partial charge < -0.3 is 5.73 Å². The van der Waals surface area contributed by atoms with Gasteiger partial charge in [-0.05, 0) is 18.6 Å². The summed E-state index contributed by atoms with van der Waals surface area (Å²) in [6.07, 6.45) is 0. The van der Waals surface area contributed by atoms with Crippen molar-refractivity contribution in [2.75, 3.05) is 0 Å². The highest BCUT2D eigenvalue weighted by atomic mass is 35.5. The summed E-state index contributed by atoms with van der Waals surface area (Å²) in [5, 5.41) is 3.74. The van der Waals surface area contributed by atoms with Crippen LogP contribution in [0.1, 0.15) is 10.6 Å². The second-order valence-electron chi connectivity index (χ2n) is 3.24. The minimum atomic E-state index is 0.490. The fourth-order valence-electron chi connectivity index (χ4n) is 1.41. The van der Waals surface area contributed by atoms with Gasteiger partial charge in [-0.15, -0.1) is 11.3 Å². The van der Waals surface area contributed by atoms with Crippen LogP contribution in [0.25, 0.3) is 11.3 Å². The molecule has 78 valence electrons. The zero-order valence-corrected chi connectivity index (χ0v) is 9.90. The van der Waals surface area contributed by atoms with E-state index in [0.29, 0.717) is 6.54 Å². The van der Waals surface area contributed by atoms with Crippen LogP contribution in [0.15, 0.2) is 23.6 Å². The molecular weight excluding hydrogens is 228 g/mol. The first kappa shape index (κ1) is 10.6. The second-order valence-corrected chi connectivity index (χ2v) is 4.59. The molecule has 1 aromatic carbocycles. The monoisotopic (exact) mass is 238 g/mol. The van der Waals surface area contributed by atoms with Gasteiger partial charge in [0.15, 0.2) is 0 Å². The third-order valence-corrected chi connectivity index (χ3v) is 3.55. The fraction of sp³-hybridized carbons (Fsp3) is 0.182. The molecule has 0 aliphatic carbocycles. The van der Waals surface area contributed by atoms with E-state index in [1.807, 2.05) is 30.5 Å². The summed E-state index contributed by atoms with van der Waals surface area (Å²) in [5.41, 5.74) is 8.63. The largest absolute Gasteiger partial charge is 0.325 e. The van der Waals surface area contributed by atoms with Gasteiger partial charge in [0.05, 0.1) is 5.69 Å². The first-order chi connectivity index (χ1) is 7.22. The Morgan fingerprint density at radius 1 is 1.47 bits per heavy atom. The van der Waals surface area contributed by atoms with E-state index in [0.717, 1.165) is 26.9 Å². The highest BCUT2D eigenvalue weighted by molar-refractivity contribution is 7.09. The second kappa shape index (κ2) is 4.31. The smallest absolute Gasteiger partial charge is 0.107 e. The number of aromatic nitrogens is 1. The Kier molecular flexibility index (Phi) is 3.05. The van der Waals surface area contributed by atoms with Crippen LogP contribution in [0, 0.1) is 6.92 Å². The average molecular weight is 239 g/mol. The minimum Gasteiger partial charge on any atom is -0.325 e. The van der Waals surface area contributed by atoms with E-state index in [4.69, 9.17) is 17.3 Å². The maximum Gasteiger partial charge on any atom is 0.107 e. The molecule has 0 fully saturated rings. The van der Waals surface area contributed by atoms with Gasteiger partial charge in [0.25, 0.3) is 0 Å². The normalized spacial score (nSPS) is 10.6. The number of nitrogens with two attached hydrogens (primary N) is 1. The Bertz CT molecular complexity index is 479. The average Bonchev–Trinajstić information content (AvgIpc) is 2.70. The molecule has 2 aromatic rings. The maximum atomic E-state index is 6.06. The van der Waals surface area contributed by atoms with Gasteiger partial charge >= 0.3 is 0 Å². The quantitative estimate of drug-likeness (QED) is 0.873. The van der Waals surface area contributed by atoms with Crippen molar-refractivity contribution in [1.29, 1.82) is 0 Å². The number of hydrogen-bond donors (Lipinski definition) is 1. The first-order valence-corrected chi connectivity index (χ1v) is 5.88. The van der Waals surface area contributed by atoms with Crippen molar-refractivity contribution < 1.29 is 0 Å². The number of benzene rings is 1. The Balaban J connectivity index is 2.49. The molecule has 2 N–H and O–H groups in total. The van der Waals surface area contributed by atoms with E-state index in [1.54, 1.807) is 11.3 Å². The molecule has 0 radical (unpaired) electrons. The zero-order chi connectivity index (χ0) is 10.8. The summed E-state index contributed by atoms with van der Waals surface area (Å²) in [7, 11) is 0. The van der Waals surface area contributed by atoms with Crippen molar-refractivity contribution in [2.45, 2.75) is 13.5 Å². The van der Waals surface area contributed by atoms with Crippen molar-refractivity contribution in [3.8, 4) is 11.3 Å². The predicted octanol–water partition coefficient (Wildman–Crippen LogP) is 3.23. The van der Waals surface area contributed by atoms with Gasteiger partial charge in [0.1, 0.15) is 5.01 Å². The molecular formula is C11H11ClN2S. The van der Waals surface area contributed by atoms with Crippen LogP contribution < -0.4 is 5.73 Å². The third kappa shape index (κ3) is 2.04. The summed E-state index contributed by atoms with van der Waals surface area (Å²) < 4.78 is 0. The van der Waals surface area contributed by atoms with E-state index in [9.17, 15) is 0 Å². The molecule has 0 atom stereocenters. The molecule has 1 aromatic heterocycles. The summed E-state index contributed by atoms with van der Waals surface area (Å²) in [6, 6.07) is 5.85. The molecule has 0 aliphatic rings. The molecule has 2 rings (SSSR count). The zero-order valence-electron chi connectivity index (χ0n) is 8.33. The van der Waals surface area contributed by atoms with Crippen molar-refractivity contribution >= 4 is 22.9 Å². The van der Waals surface area contributed by atoms with Gasteiger partial charge in [-0.3, -0.25) is 0 Å². The molecule has 0 bridgehead atoms. The van der Waals surface area contributed by atoms with Crippen LogP contribution in [0.2, 0.25) is 5.02 Å². The maximum absolute atomic E-state index is 6.06. The van der Waals surface area contributed by atoms with Crippen LogP contribution in [0.3, 0.4) is 0 Å². The molecule has 2 nitrogen and oxygen atoms in total. The SMILES string of the molecule is Cc1c(Cl)cccc1-c1csc(CN)n1. The number of thiazole rings is 1. The lowest BCUT2D eigenvalue weighted by molar-refractivity contribution is 1.04. The highest BCUT2D eigenvalue weighted by Crippen LogP contribution is 2.28.